The lowest BCUT2D eigenvalue weighted by molar-refractivity contribution is -0.142. The molecule has 0 aliphatic heterocycles. The van der Waals surface area contributed by atoms with Crippen molar-refractivity contribution in [3.63, 3.8) is 0 Å². The molecule has 1 aromatic rings. The van der Waals surface area contributed by atoms with Crippen molar-refractivity contribution in [2.45, 2.75) is 26.5 Å². The molecule has 0 saturated carbocycles. The number of hydrogen-bond acceptors (Lipinski definition) is 4. The molecule has 0 fully saturated rings. The third-order valence-corrected chi connectivity index (χ3v) is 2.43. The molecule has 6 heteroatoms. The highest BCUT2D eigenvalue weighted by Gasteiger charge is 2.13. The van der Waals surface area contributed by atoms with Gasteiger partial charge in [-0.15, -0.1) is 0 Å². The van der Waals surface area contributed by atoms with E-state index in [0.717, 1.165) is 5.56 Å². The Kier molecular flexibility index (Phi) is 5.05. The Hall–Kier alpha value is -2.37. The van der Waals surface area contributed by atoms with Gasteiger partial charge in [0.1, 0.15) is 12.6 Å². The van der Waals surface area contributed by atoms with Gasteiger partial charge < -0.3 is 15.8 Å². The Labute approximate surface area is 110 Å². The van der Waals surface area contributed by atoms with E-state index in [0.29, 0.717) is 5.56 Å². The molecule has 6 nitrogen and oxygen atoms in total. The summed E-state index contributed by atoms with van der Waals surface area (Å²) in [6.45, 7) is 3.00. The van der Waals surface area contributed by atoms with E-state index >= 15 is 0 Å². The van der Waals surface area contributed by atoms with E-state index in [1.54, 1.807) is 24.3 Å². The van der Waals surface area contributed by atoms with Crippen LogP contribution in [0.25, 0.3) is 0 Å². The molecule has 0 aliphatic carbocycles. The Bertz CT molecular complexity index is 482. The number of amides is 2. The third kappa shape index (κ3) is 4.79. The maximum absolute atomic E-state index is 11.7. The fourth-order valence-corrected chi connectivity index (χ4v) is 1.29. The molecule has 0 aliphatic rings. The number of hydrogen-bond donors (Lipinski definition) is 2. The van der Waals surface area contributed by atoms with Crippen LogP contribution in [0.4, 0.5) is 0 Å². The SMILES string of the molecule is CC(=O)OCc1ccc(C(=O)NC(C)C(N)=O)cc1. The van der Waals surface area contributed by atoms with Crippen LogP contribution in [0.5, 0.6) is 0 Å². The van der Waals surface area contributed by atoms with E-state index in [1.165, 1.54) is 13.8 Å². The van der Waals surface area contributed by atoms with Crippen LogP contribution in [0.2, 0.25) is 0 Å². The molecule has 0 aromatic heterocycles. The highest BCUT2D eigenvalue weighted by atomic mass is 16.5. The number of nitrogens with one attached hydrogen (secondary N) is 1. The van der Waals surface area contributed by atoms with Gasteiger partial charge in [0, 0.05) is 12.5 Å². The fraction of sp³-hybridized carbons (Fsp3) is 0.308. The number of nitrogens with two attached hydrogens (primary N) is 1. The zero-order valence-electron chi connectivity index (χ0n) is 10.8. The summed E-state index contributed by atoms with van der Waals surface area (Å²) >= 11 is 0. The van der Waals surface area contributed by atoms with Crippen LogP contribution in [0.15, 0.2) is 24.3 Å². The number of primary amides is 1. The van der Waals surface area contributed by atoms with Gasteiger partial charge in [-0.2, -0.15) is 0 Å². The number of esters is 1. The smallest absolute Gasteiger partial charge is 0.302 e. The van der Waals surface area contributed by atoms with Crippen LogP contribution in [0.3, 0.4) is 0 Å². The first kappa shape index (κ1) is 14.7. The summed E-state index contributed by atoms with van der Waals surface area (Å²) in [7, 11) is 0. The summed E-state index contributed by atoms with van der Waals surface area (Å²) in [5.41, 5.74) is 6.23. The van der Waals surface area contributed by atoms with Crippen molar-refractivity contribution in [2.24, 2.45) is 5.73 Å². The van der Waals surface area contributed by atoms with Crippen LogP contribution in [-0.4, -0.2) is 23.8 Å². The van der Waals surface area contributed by atoms with Gasteiger partial charge in [0.05, 0.1) is 0 Å². The zero-order valence-corrected chi connectivity index (χ0v) is 10.8. The summed E-state index contributed by atoms with van der Waals surface area (Å²) in [6.07, 6.45) is 0. The highest BCUT2D eigenvalue weighted by molar-refractivity contribution is 5.97. The van der Waals surface area contributed by atoms with Crippen LogP contribution in [0.1, 0.15) is 29.8 Å². The van der Waals surface area contributed by atoms with Crippen LogP contribution < -0.4 is 11.1 Å². The first-order chi connectivity index (χ1) is 8.90. The second-order valence-corrected chi connectivity index (χ2v) is 4.07. The standard InChI is InChI=1S/C13H16N2O4/c1-8(12(14)17)15-13(18)11-5-3-10(4-6-11)7-19-9(2)16/h3-6,8H,7H2,1-2H3,(H2,14,17)(H,15,18). The normalized spacial score (nSPS) is 11.5. The van der Waals surface area contributed by atoms with Crippen molar-refractivity contribution >= 4 is 17.8 Å². The first-order valence-electron chi connectivity index (χ1n) is 5.72. The third-order valence-electron chi connectivity index (χ3n) is 2.43. The second kappa shape index (κ2) is 6.53. The molecule has 1 atom stereocenters. The van der Waals surface area contributed by atoms with Crippen molar-refractivity contribution in [3.8, 4) is 0 Å². The molecule has 0 heterocycles. The average molecular weight is 264 g/mol. The summed E-state index contributed by atoms with van der Waals surface area (Å²) in [5, 5.41) is 2.47. The number of benzene rings is 1. The van der Waals surface area contributed by atoms with Gasteiger partial charge in [0.2, 0.25) is 5.91 Å². The Morgan fingerprint density at radius 2 is 1.84 bits per heavy atom. The molecule has 1 aromatic carbocycles. The van der Waals surface area contributed by atoms with Gasteiger partial charge in [-0.05, 0) is 24.6 Å². The minimum Gasteiger partial charge on any atom is -0.461 e. The van der Waals surface area contributed by atoms with Crippen molar-refractivity contribution in [3.05, 3.63) is 35.4 Å². The molecule has 0 saturated heterocycles. The Balaban J connectivity index is 2.62. The van der Waals surface area contributed by atoms with Gasteiger partial charge in [-0.25, -0.2) is 0 Å². The van der Waals surface area contributed by atoms with Gasteiger partial charge in [-0.1, -0.05) is 12.1 Å². The average Bonchev–Trinajstić information content (AvgIpc) is 2.36. The summed E-state index contributed by atoms with van der Waals surface area (Å²) in [5.74, 6) is -1.35. The van der Waals surface area contributed by atoms with Crippen molar-refractivity contribution in [2.75, 3.05) is 0 Å². The maximum atomic E-state index is 11.7. The monoisotopic (exact) mass is 264 g/mol. The topological polar surface area (TPSA) is 98.5 Å². The predicted octanol–water partition coefficient (Wildman–Crippen LogP) is 0.353. The summed E-state index contributed by atoms with van der Waals surface area (Å²) in [4.78, 5) is 33.2. The van der Waals surface area contributed by atoms with Gasteiger partial charge in [0.15, 0.2) is 0 Å². The van der Waals surface area contributed by atoms with Gasteiger partial charge in [-0.3, -0.25) is 14.4 Å². The van der Waals surface area contributed by atoms with E-state index < -0.39 is 11.9 Å². The van der Waals surface area contributed by atoms with Gasteiger partial charge >= 0.3 is 5.97 Å². The lowest BCUT2D eigenvalue weighted by Crippen LogP contribution is -2.42. The lowest BCUT2D eigenvalue weighted by Gasteiger charge is -2.10. The molecule has 1 rings (SSSR count). The number of rotatable bonds is 5. The largest absolute Gasteiger partial charge is 0.461 e. The fourth-order valence-electron chi connectivity index (χ4n) is 1.29. The Morgan fingerprint density at radius 1 is 1.26 bits per heavy atom. The summed E-state index contributed by atoms with van der Waals surface area (Å²) < 4.78 is 4.82. The van der Waals surface area contributed by atoms with Gasteiger partial charge in [0.25, 0.3) is 5.91 Å². The first-order valence-corrected chi connectivity index (χ1v) is 5.72. The minimum atomic E-state index is -0.728. The summed E-state index contributed by atoms with van der Waals surface area (Å²) in [6, 6.07) is 5.79. The second-order valence-electron chi connectivity index (χ2n) is 4.07. The van der Waals surface area contributed by atoms with Crippen molar-refractivity contribution < 1.29 is 19.1 Å². The van der Waals surface area contributed by atoms with Crippen LogP contribution in [-0.2, 0) is 20.9 Å². The lowest BCUT2D eigenvalue weighted by atomic mass is 10.1. The molecular weight excluding hydrogens is 248 g/mol. The number of carbonyl (C=O) groups excluding carboxylic acids is 3. The van der Waals surface area contributed by atoms with E-state index in [-0.39, 0.29) is 18.5 Å². The molecule has 19 heavy (non-hydrogen) atoms. The molecule has 0 radical (unpaired) electrons. The van der Waals surface area contributed by atoms with Crippen LogP contribution >= 0.6 is 0 Å². The zero-order chi connectivity index (χ0) is 14.4. The maximum Gasteiger partial charge on any atom is 0.302 e. The molecule has 0 bridgehead atoms. The molecule has 2 amide bonds. The minimum absolute atomic E-state index is 0.162. The molecule has 0 spiro atoms. The van der Waals surface area contributed by atoms with E-state index in [4.69, 9.17) is 10.5 Å². The number of carbonyl (C=O) groups is 3. The molecule has 3 N–H and O–H groups in total. The highest BCUT2D eigenvalue weighted by Crippen LogP contribution is 2.06. The molecular formula is C13H16N2O4. The number of ether oxygens (including phenoxy) is 1. The van der Waals surface area contributed by atoms with Crippen molar-refractivity contribution in [1.82, 2.24) is 5.32 Å². The predicted molar refractivity (Wildman–Crippen MR) is 68.0 cm³/mol. The van der Waals surface area contributed by atoms with Crippen molar-refractivity contribution in [1.29, 1.82) is 0 Å². The van der Waals surface area contributed by atoms with E-state index in [9.17, 15) is 14.4 Å². The Morgan fingerprint density at radius 3 is 2.32 bits per heavy atom. The van der Waals surface area contributed by atoms with E-state index in [2.05, 4.69) is 5.32 Å². The quantitative estimate of drug-likeness (QED) is 0.750. The molecule has 102 valence electrons. The van der Waals surface area contributed by atoms with Crippen LogP contribution in [0, 0.1) is 0 Å². The van der Waals surface area contributed by atoms with E-state index in [1.807, 2.05) is 0 Å². The molecule has 1 unspecified atom stereocenters.